The lowest BCUT2D eigenvalue weighted by Gasteiger charge is -2.09. The summed E-state index contributed by atoms with van der Waals surface area (Å²) in [6, 6.07) is 29.2. The van der Waals surface area contributed by atoms with Gasteiger partial charge in [-0.25, -0.2) is 0 Å². The molecule has 0 heterocycles. The molecule has 0 radical (unpaired) electrons. The third kappa shape index (κ3) is 4.34. The Morgan fingerprint density at radius 3 is 1.91 bits per heavy atom. The van der Waals surface area contributed by atoms with Gasteiger partial charge in [-0.1, -0.05) is 90.5 Å². The molecule has 0 amide bonds. The van der Waals surface area contributed by atoms with Gasteiger partial charge in [-0.15, -0.1) is 0 Å². The van der Waals surface area contributed by atoms with E-state index in [0.717, 1.165) is 17.9 Å². The second-order valence-electron chi connectivity index (χ2n) is 5.51. The third-order valence-corrected chi connectivity index (χ3v) is 4.12. The fourth-order valence-corrected chi connectivity index (χ4v) is 2.80. The zero-order valence-corrected chi connectivity index (χ0v) is 13.7. The van der Waals surface area contributed by atoms with Crippen LogP contribution in [0.25, 0.3) is 5.57 Å². The molecular formula is C22H19Cl. The Hall–Kier alpha value is -2.31. The molecule has 0 saturated carbocycles. The molecule has 0 aliphatic rings. The number of allylic oxidation sites excluding steroid dienone is 1. The van der Waals surface area contributed by atoms with Crippen LogP contribution in [-0.4, -0.2) is 0 Å². The van der Waals surface area contributed by atoms with Gasteiger partial charge in [-0.2, -0.15) is 0 Å². The highest BCUT2D eigenvalue weighted by Crippen LogP contribution is 2.25. The standard InChI is InChI=1S/C22H19Cl/c23-21-16-14-20(15-17-21)22(19-11-5-2-6-12-19)13-7-10-18-8-3-1-4-9-18/h1-6,8-9,11-17H,7,10H2/b22-13+. The molecule has 0 bridgehead atoms. The second kappa shape index (κ2) is 7.80. The zero-order valence-electron chi connectivity index (χ0n) is 13.0. The van der Waals surface area contributed by atoms with Crippen LogP contribution in [0.2, 0.25) is 5.02 Å². The van der Waals surface area contributed by atoms with E-state index in [0.29, 0.717) is 0 Å². The molecule has 114 valence electrons. The predicted molar refractivity (Wildman–Crippen MR) is 99.7 cm³/mol. The van der Waals surface area contributed by atoms with Crippen LogP contribution in [0.4, 0.5) is 0 Å². The van der Waals surface area contributed by atoms with Crippen molar-refractivity contribution >= 4 is 17.2 Å². The Labute approximate surface area is 143 Å². The van der Waals surface area contributed by atoms with E-state index in [4.69, 9.17) is 11.6 Å². The number of hydrogen-bond acceptors (Lipinski definition) is 0. The van der Waals surface area contributed by atoms with Crippen molar-refractivity contribution in [3.8, 4) is 0 Å². The van der Waals surface area contributed by atoms with E-state index in [9.17, 15) is 0 Å². The lowest BCUT2D eigenvalue weighted by atomic mass is 9.96. The summed E-state index contributed by atoms with van der Waals surface area (Å²) >= 11 is 6.03. The maximum atomic E-state index is 6.03. The van der Waals surface area contributed by atoms with Crippen LogP contribution in [0.1, 0.15) is 23.1 Å². The van der Waals surface area contributed by atoms with E-state index >= 15 is 0 Å². The smallest absolute Gasteiger partial charge is 0.0406 e. The predicted octanol–water partition coefficient (Wildman–Crippen LogP) is 6.40. The zero-order chi connectivity index (χ0) is 15.9. The Morgan fingerprint density at radius 1 is 0.696 bits per heavy atom. The molecule has 0 atom stereocenters. The van der Waals surface area contributed by atoms with Crippen LogP contribution in [0.5, 0.6) is 0 Å². The number of hydrogen-bond donors (Lipinski definition) is 0. The number of benzene rings is 3. The summed E-state index contributed by atoms with van der Waals surface area (Å²) < 4.78 is 0. The summed E-state index contributed by atoms with van der Waals surface area (Å²) in [6.07, 6.45) is 4.38. The summed E-state index contributed by atoms with van der Waals surface area (Å²) in [6.45, 7) is 0. The van der Waals surface area contributed by atoms with E-state index in [2.05, 4.69) is 72.8 Å². The first-order valence-electron chi connectivity index (χ1n) is 7.88. The number of aryl methyl sites for hydroxylation is 1. The topological polar surface area (TPSA) is 0 Å². The minimum Gasteiger partial charge on any atom is -0.0843 e. The molecule has 3 aromatic rings. The van der Waals surface area contributed by atoms with Crippen molar-refractivity contribution in [2.24, 2.45) is 0 Å². The van der Waals surface area contributed by atoms with Crippen molar-refractivity contribution < 1.29 is 0 Å². The SMILES string of the molecule is Clc1ccc(/C(=C/CCc2ccccc2)c2ccccc2)cc1. The molecule has 0 unspecified atom stereocenters. The van der Waals surface area contributed by atoms with Crippen LogP contribution < -0.4 is 0 Å². The van der Waals surface area contributed by atoms with E-state index < -0.39 is 0 Å². The average Bonchev–Trinajstić information content (AvgIpc) is 2.61. The lowest BCUT2D eigenvalue weighted by Crippen LogP contribution is -1.89. The molecule has 1 heteroatoms. The summed E-state index contributed by atoms with van der Waals surface area (Å²) in [5.74, 6) is 0. The summed E-state index contributed by atoms with van der Waals surface area (Å²) in [7, 11) is 0. The lowest BCUT2D eigenvalue weighted by molar-refractivity contribution is 1.00. The number of rotatable bonds is 5. The molecule has 0 aromatic heterocycles. The van der Waals surface area contributed by atoms with Crippen LogP contribution in [0, 0.1) is 0 Å². The minimum atomic E-state index is 0.769. The molecule has 0 aliphatic heterocycles. The van der Waals surface area contributed by atoms with Crippen LogP contribution in [0.15, 0.2) is 91.0 Å². The van der Waals surface area contributed by atoms with Gasteiger partial charge < -0.3 is 0 Å². The van der Waals surface area contributed by atoms with E-state index in [1.54, 1.807) is 0 Å². The van der Waals surface area contributed by atoms with E-state index in [1.165, 1.54) is 22.3 Å². The maximum absolute atomic E-state index is 6.03. The number of halogens is 1. The molecule has 0 saturated heterocycles. The van der Waals surface area contributed by atoms with Crippen LogP contribution in [-0.2, 0) is 6.42 Å². The summed E-state index contributed by atoms with van der Waals surface area (Å²) in [5, 5.41) is 0.769. The van der Waals surface area contributed by atoms with Gasteiger partial charge in [0.05, 0.1) is 0 Å². The summed E-state index contributed by atoms with van der Waals surface area (Å²) in [4.78, 5) is 0. The van der Waals surface area contributed by atoms with Gasteiger partial charge >= 0.3 is 0 Å². The Balaban J connectivity index is 1.86. The fraction of sp³-hybridized carbons (Fsp3) is 0.0909. The van der Waals surface area contributed by atoms with Gasteiger partial charge in [0.15, 0.2) is 0 Å². The van der Waals surface area contributed by atoms with Crippen molar-refractivity contribution in [1.29, 1.82) is 0 Å². The van der Waals surface area contributed by atoms with Gasteiger partial charge in [0.25, 0.3) is 0 Å². The Bertz CT molecular complexity index is 756. The fourth-order valence-electron chi connectivity index (χ4n) is 2.68. The van der Waals surface area contributed by atoms with Gasteiger partial charge in [0.1, 0.15) is 0 Å². The van der Waals surface area contributed by atoms with Crippen molar-refractivity contribution in [3.05, 3.63) is 113 Å². The largest absolute Gasteiger partial charge is 0.0843 e. The average molecular weight is 319 g/mol. The van der Waals surface area contributed by atoms with Crippen LogP contribution >= 0.6 is 11.6 Å². The van der Waals surface area contributed by atoms with E-state index in [1.807, 2.05) is 18.2 Å². The molecule has 3 aromatic carbocycles. The molecule has 0 N–H and O–H groups in total. The molecule has 23 heavy (non-hydrogen) atoms. The van der Waals surface area contributed by atoms with Crippen molar-refractivity contribution in [2.45, 2.75) is 12.8 Å². The third-order valence-electron chi connectivity index (χ3n) is 3.86. The molecule has 0 fully saturated rings. The minimum absolute atomic E-state index is 0.769. The quantitative estimate of drug-likeness (QED) is 0.510. The van der Waals surface area contributed by atoms with Crippen LogP contribution in [0.3, 0.4) is 0 Å². The normalized spacial score (nSPS) is 11.4. The highest BCUT2D eigenvalue weighted by atomic mass is 35.5. The molecular weight excluding hydrogens is 300 g/mol. The van der Waals surface area contributed by atoms with Gasteiger partial charge in [0, 0.05) is 5.02 Å². The molecule has 0 spiro atoms. The maximum Gasteiger partial charge on any atom is 0.0406 e. The molecule has 0 aliphatic carbocycles. The van der Waals surface area contributed by atoms with Crippen molar-refractivity contribution in [3.63, 3.8) is 0 Å². The van der Waals surface area contributed by atoms with Gasteiger partial charge in [-0.05, 0) is 47.2 Å². The molecule has 3 rings (SSSR count). The first-order valence-corrected chi connectivity index (χ1v) is 8.26. The highest BCUT2D eigenvalue weighted by Gasteiger charge is 2.04. The van der Waals surface area contributed by atoms with Crippen molar-refractivity contribution in [2.75, 3.05) is 0 Å². The first-order chi connectivity index (χ1) is 11.3. The monoisotopic (exact) mass is 318 g/mol. The molecule has 0 nitrogen and oxygen atoms in total. The van der Waals surface area contributed by atoms with E-state index in [-0.39, 0.29) is 0 Å². The summed E-state index contributed by atoms with van der Waals surface area (Å²) in [5.41, 5.74) is 5.07. The van der Waals surface area contributed by atoms with Gasteiger partial charge in [0.2, 0.25) is 0 Å². The Morgan fingerprint density at radius 2 is 1.26 bits per heavy atom. The van der Waals surface area contributed by atoms with Gasteiger partial charge in [-0.3, -0.25) is 0 Å². The highest BCUT2D eigenvalue weighted by molar-refractivity contribution is 6.30. The second-order valence-corrected chi connectivity index (χ2v) is 5.95. The van der Waals surface area contributed by atoms with Crippen molar-refractivity contribution in [1.82, 2.24) is 0 Å². The first kappa shape index (κ1) is 15.6. The Kier molecular flexibility index (Phi) is 5.29.